The van der Waals surface area contributed by atoms with Crippen molar-refractivity contribution in [1.29, 1.82) is 0 Å². The smallest absolute Gasteiger partial charge is 0.162 e. The van der Waals surface area contributed by atoms with Gasteiger partial charge in [0.1, 0.15) is 0 Å². The van der Waals surface area contributed by atoms with E-state index in [9.17, 15) is 5.11 Å². The topological polar surface area (TPSA) is 48.0 Å². The molecule has 0 radical (unpaired) electrons. The molecule has 1 aromatic carbocycles. The molecule has 1 aromatic rings. The predicted molar refractivity (Wildman–Crippen MR) is 80.3 cm³/mol. The third kappa shape index (κ3) is 3.62. The van der Waals surface area contributed by atoms with Gasteiger partial charge in [0, 0.05) is 44.3 Å². The fourth-order valence-electron chi connectivity index (χ4n) is 2.57. The molecule has 0 bridgehead atoms. The Morgan fingerprint density at radius 2 is 2.15 bits per heavy atom. The fraction of sp³-hybridized carbons (Fsp3) is 0.600. The minimum atomic E-state index is 0.233. The maximum absolute atomic E-state index is 10.0. The predicted octanol–water partition coefficient (Wildman–Crippen LogP) is 0.736. The van der Waals surface area contributed by atoms with E-state index in [0.29, 0.717) is 18.3 Å². The van der Waals surface area contributed by atoms with Gasteiger partial charge >= 0.3 is 0 Å². The van der Waals surface area contributed by atoms with Crippen molar-refractivity contribution < 1.29 is 9.84 Å². The van der Waals surface area contributed by atoms with E-state index in [1.165, 1.54) is 0 Å². The number of piperazine rings is 1. The van der Waals surface area contributed by atoms with E-state index < -0.39 is 0 Å². The molecule has 0 aromatic heterocycles. The standard InChI is InChI=1S/C15H25N3O2/c1-17-7-8-18(2)13(11-17)10-16-9-12-5-4-6-14(20-3)15(12)19/h4-6,13,16,19H,7-11H2,1-3H3. The highest BCUT2D eigenvalue weighted by molar-refractivity contribution is 5.45. The number of nitrogens with one attached hydrogen (secondary N) is 1. The number of nitrogens with zero attached hydrogens (tertiary/aromatic N) is 2. The van der Waals surface area contributed by atoms with Crippen LogP contribution < -0.4 is 10.1 Å². The third-order valence-corrected chi connectivity index (χ3v) is 3.98. The van der Waals surface area contributed by atoms with Crippen molar-refractivity contribution in [3.05, 3.63) is 23.8 Å². The molecule has 1 unspecified atom stereocenters. The summed E-state index contributed by atoms with van der Waals surface area (Å²) in [4.78, 5) is 4.74. The number of hydrogen-bond acceptors (Lipinski definition) is 5. The zero-order valence-corrected chi connectivity index (χ0v) is 12.6. The number of aromatic hydroxyl groups is 1. The molecule has 0 amide bonds. The van der Waals surface area contributed by atoms with Crippen LogP contribution in [0.1, 0.15) is 5.56 Å². The Morgan fingerprint density at radius 3 is 2.90 bits per heavy atom. The molecule has 0 saturated carbocycles. The lowest BCUT2D eigenvalue weighted by atomic mass is 10.1. The fourth-order valence-corrected chi connectivity index (χ4v) is 2.57. The first kappa shape index (κ1) is 15.1. The molecule has 0 spiro atoms. The molecule has 5 nitrogen and oxygen atoms in total. The molecule has 2 rings (SSSR count). The number of para-hydroxylation sites is 1. The molecule has 1 aliphatic rings. The van der Waals surface area contributed by atoms with Crippen molar-refractivity contribution in [1.82, 2.24) is 15.1 Å². The summed E-state index contributed by atoms with van der Waals surface area (Å²) < 4.78 is 5.12. The highest BCUT2D eigenvalue weighted by Crippen LogP contribution is 2.29. The molecule has 1 fully saturated rings. The van der Waals surface area contributed by atoms with Crippen LogP contribution in [0.25, 0.3) is 0 Å². The van der Waals surface area contributed by atoms with E-state index in [2.05, 4.69) is 29.2 Å². The second-order valence-corrected chi connectivity index (χ2v) is 5.50. The Kier molecular flexibility index (Phi) is 5.23. The van der Waals surface area contributed by atoms with Crippen molar-refractivity contribution in [2.24, 2.45) is 0 Å². The first-order chi connectivity index (χ1) is 9.61. The van der Waals surface area contributed by atoms with Crippen LogP contribution in [0.3, 0.4) is 0 Å². The minimum Gasteiger partial charge on any atom is -0.504 e. The van der Waals surface area contributed by atoms with Gasteiger partial charge in [-0.25, -0.2) is 0 Å². The zero-order valence-electron chi connectivity index (χ0n) is 12.6. The first-order valence-electron chi connectivity index (χ1n) is 7.06. The maximum atomic E-state index is 10.0. The summed E-state index contributed by atoms with van der Waals surface area (Å²) in [6.07, 6.45) is 0. The second kappa shape index (κ2) is 6.92. The Labute approximate surface area is 121 Å². The van der Waals surface area contributed by atoms with Crippen LogP contribution in [0.4, 0.5) is 0 Å². The Morgan fingerprint density at radius 1 is 1.35 bits per heavy atom. The molecule has 1 saturated heterocycles. The average molecular weight is 279 g/mol. The van der Waals surface area contributed by atoms with Crippen LogP contribution in [-0.2, 0) is 6.54 Å². The number of likely N-dealkylation sites (N-methyl/N-ethyl adjacent to an activating group) is 2. The zero-order chi connectivity index (χ0) is 14.5. The highest BCUT2D eigenvalue weighted by Gasteiger charge is 2.21. The summed E-state index contributed by atoms with van der Waals surface area (Å²) in [6.45, 7) is 4.87. The average Bonchev–Trinajstić information content (AvgIpc) is 2.44. The van der Waals surface area contributed by atoms with Crippen LogP contribution in [0.2, 0.25) is 0 Å². The Bertz CT molecular complexity index is 439. The first-order valence-corrected chi connectivity index (χ1v) is 7.06. The molecule has 2 N–H and O–H groups in total. The highest BCUT2D eigenvalue weighted by atomic mass is 16.5. The Hall–Kier alpha value is -1.30. The van der Waals surface area contributed by atoms with Crippen LogP contribution >= 0.6 is 0 Å². The van der Waals surface area contributed by atoms with E-state index in [1.807, 2.05) is 12.1 Å². The summed E-state index contributed by atoms with van der Waals surface area (Å²) in [5.74, 6) is 0.760. The molecule has 1 heterocycles. The van der Waals surface area contributed by atoms with E-state index in [4.69, 9.17) is 4.74 Å². The van der Waals surface area contributed by atoms with Gasteiger partial charge in [0.25, 0.3) is 0 Å². The quantitative estimate of drug-likeness (QED) is 0.832. The van der Waals surface area contributed by atoms with E-state index in [-0.39, 0.29) is 5.75 Å². The van der Waals surface area contributed by atoms with E-state index in [1.54, 1.807) is 13.2 Å². The van der Waals surface area contributed by atoms with Gasteiger partial charge in [-0.2, -0.15) is 0 Å². The Balaban J connectivity index is 1.86. The van der Waals surface area contributed by atoms with Gasteiger partial charge in [0.15, 0.2) is 11.5 Å². The lowest BCUT2D eigenvalue weighted by Gasteiger charge is -2.37. The second-order valence-electron chi connectivity index (χ2n) is 5.50. The van der Waals surface area contributed by atoms with Gasteiger partial charge in [0.2, 0.25) is 0 Å². The molecular formula is C15H25N3O2. The van der Waals surface area contributed by atoms with E-state index >= 15 is 0 Å². The van der Waals surface area contributed by atoms with Crippen molar-refractivity contribution in [2.45, 2.75) is 12.6 Å². The summed E-state index contributed by atoms with van der Waals surface area (Å²) in [5, 5.41) is 13.5. The largest absolute Gasteiger partial charge is 0.504 e. The maximum Gasteiger partial charge on any atom is 0.162 e. The van der Waals surface area contributed by atoms with Gasteiger partial charge in [0.05, 0.1) is 7.11 Å². The molecule has 20 heavy (non-hydrogen) atoms. The van der Waals surface area contributed by atoms with Gasteiger partial charge in [-0.3, -0.25) is 4.90 Å². The van der Waals surface area contributed by atoms with Gasteiger partial charge in [-0.1, -0.05) is 12.1 Å². The number of benzene rings is 1. The molecular weight excluding hydrogens is 254 g/mol. The SMILES string of the molecule is COc1cccc(CNCC2CN(C)CCN2C)c1O. The van der Waals surface area contributed by atoms with Gasteiger partial charge < -0.3 is 20.1 Å². The number of methoxy groups -OCH3 is 1. The number of phenols is 1. The van der Waals surface area contributed by atoms with Crippen molar-refractivity contribution in [2.75, 3.05) is 47.4 Å². The van der Waals surface area contributed by atoms with Crippen LogP contribution in [0.15, 0.2) is 18.2 Å². The van der Waals surface area contributed by atoms with Crippen molar-refractivity contribution >= 4 is 0 Å². The van der Waals surface area contributed by atoms with Crippen LogP contribution in [-0.4, -0.2) is 68.3 Å². The summed E-state index contributed by atoms with van der Waals surface area (Å²) in [7, 11) is 5.90. The number of phenolic OH excluding ortho intramolecular Hbond substituents is 1. The summed E-state index contributed by atoms with van der Waals surface area (Å²) >= 11 is 0. The molecule has 1 aliphatic heterocycles. The van der Waals surface area contributed by atoms with Crippen LogP contribution in [0.5, 0.6) is 11.5 Å². The molecule has 112 valence electrons. The molecule has 5 heteroatoms. The molecule has 0 aliphatic carbocycles. The van der Waals surface area contributed by atoms with Gasteiger partial charge in [-0.15, -0.1) is 0 Å². The van der Waals surface area contributed by atoms with E-state index in [0.717, 1.165) is 31.7 Å². The lowest BCUT2D eigenvalue weighted by molar-refractivity contribution is 0.113. The summed E-state index contributed by atoms with van der Waals surface area (Å²) in [5.41, 5.74) is 0.871. The number of rotatable bonds is 5. The van der Waals surface area contributed by atoms with Crippen LogP contribution in [0, 0.1) is 0 Å². The molecule has 1 atom stereocenters. The third-order valence-electron chi connectivity index (χ3n) is 3.98. The minimum absolute atomic E-state index is 0.233. The van der Waals surface area contributed by atoms with Crippen molar-refractivity contribution in [3.8, 4) is 11.5 Å². The summed E-state index contributed by atoms with van der Waals surface area (Å²) in [6, 6.07) is 6.10. The number of ether oxygens (including phenoxy) is 1. The number of hydrogen-bond donors (Lipinski definition) is 2. The monoisotopic (exact) mass is 279 g/mol. The van der Waals surface area contributed by atoms with Crippen molar-refractivity contribution in [3.63, 3.8) is 0 Å². The van der Waals surface area contributed by atoms with Gasteiger partial charge in [-0.05, 0) is 20.2 Å². The lowest BCUT2D eigenvalue weighted by Crippen LogP contribution is -2.53. The normalized spacial score (nSPS) is 21.1.